The fraction of sp³-hybridized carbons (Fsp3) is 1.00. The second-order valence-electron chi connectivity index (χ2n) is 7.49. The van der Waals surface area contributed by atoms with Gasteiger partial charge in [0.2, 0.25) is 0 Å². The Morgan fingerprint density at radius 1 is 0.542 bits per heavy atom. The quantitative estimate of drug-likeness (QED) is 0.185. The van der Waals surface area contributed by atoms with E-state index in [0.29, 0.717) is 0 Å². The van der Waals surface area contributed by atoms with Gasteiger partial charge in [0, 0.05) is 7.11 Å². The molecule has 0 saturated carbocycles. The van der Waals surface area contributed by atoms with Crippen LogP contribution in [0, 0.1) is 0 Å². The molecule has 0 spiro atoms. The van der Waals surface area contributed by atoms with Crippen LogP contribution in [0.2, 0.25) is 0 Å². The van der Waals surface area contributed by atoms with Crippen molar-refractivity contribution >= 4 is 0 Å². The average molecular weight is 343 g/mol. The second-order valence-corrected chi connectivity index (χ2v) is 7.49. The van der Waals surface area contributed by atoms with Crippen molar-refractivity contribution in [1.82, 2.24) is 0 Å². The summed E-state index contributed by atoms with van der Waals surface area (Å²) in [5.41, 5.74) is 0. The minimum atomic E-state index is -0.550. The molecule has 0 aliphatic heterocycles. The van der Waals surface area contributed by atoms with Gasteiger partial charge in [0.05, 0.1) is 0 Å². The van der Waals surface area contributed by atoms with Crippen molar-refractivity contribution in [3.63, 3.8) is 0 Å². The van der Waals surface area contributed by atoms with Gasteiger partial charge in [0.1, 0.15) is 0 Å². The van der Waals surface area contributed by atoms with Gasteiger partial charge in [-0.1, -0.05) is 116 Å². The summed E-state index contributed by atoms with van der Waals surface area (Å²) in [7, 11) is 1.57. The minimum absolute atomic E-state index is 0.550. The maximum absolute atomic E-state index is 9.27. The third-order valence-electron chi connectivity index (χ3n) is 5.08. The summed E-state index contributed by atoms with van der Waals surface area (Å²) in [6.07, 6.45) is 25.4. The molecule has 0 aromatic rings. The topological polar surface area (TPSA) is 29.5 Å². The molecule has 146 valence electrons. The van der Waals surface area contributed by atoms with Crippen molar-refractivity contribution in [2.75, 3.05) is 7.11 Å². The molecule has 2 nitrogen and oxygen atoms in total. The van der Waals surface area contributed by atoms with E-state index in [0.717, 1.165) is 12.8 Å². The first-order valence-electron chi connectivity index (χ1n) is 11.0. The van der Waals surface area contributed by atoms with E-state index in [1.54, 1.807) is 7.11 Å². The van der Waals surface area contributed by atoms with Crippen LogP contribution in [0.3, 0.4) is 0 Å². The Balaban J connectivity index is 2.98. The molecule has 0 aromatic heterocycles. The molecule has 0 bridgehead atoms. The molecule has 0 fully saturated rings. The van der Waals surface area contributed by atoms with Crippen molar-refractivity contribution in [2.24, 2.45) is 0 Å². The van der Waals surface area contributed by atoms with Gasteiger partial charge in [-0.05, 0) is 12.8 Å². The Morgan fingerprint density at radius 3 is 1.12 bits per heavy atom. The summed E-state index contributed by atoms with van der Waals surface area (Å²) < 4.78 is 4.84. The maximum atomic E-state index is 9.27. The molecule has 0 aliphatic rings. The Labute approximate surface area is 152 Å². The highest BCUT2D eigenvalue weighted by atomic mass is 16.6. The molecule has 0 aliphatic carbocycles. The van der Waals surface area contributed by atoms with Crippen LogP contribution < -0.4 is 0 Å². The molecule has 2 heteroatoms. The molecule has 0 aromatic carbocycles. The van der Waals surface area contributed by atoms with Gasteiger partial charge in [-0.2, -0.15) is 0 Å². The van der Waals surface area contributed by atoms with E-state index in [1.807, 2.05) is 0 Å². The summed E-state index contributed by atoms with van der Waals surface area (Å²) in [5.74, 6) is 0. The van der Waals surface area contributed by atoms with Gasteiger partial charge < -0.3 is 9.84 Å². The van der Waals surface area contributed by atoms with Crippen LogP contribution in [0.15, 0.2) is 0 Å². The minimum Gasteiger partial charge on any atom is -0.368 e. The summed E-state index contributed by atoms with van der Waals surface area (Å²) in [5, 5.41) is 9.27. The fourth-order valence-corrected chi connectivity index (χ4v) is 3.34. The summed E-state index contributed by atoms with van der Waals surface area (Å²) >= 11 is 0. The highest BCUT2D eigenvalue weighted by molar-refractivity contribution is 4.51. The highest BCUT2D eigenvalue weighted by Gasteiger charge is 2.00. The molecule has 0 amide bonds. The normalized spacial score (nSPS) is 12.6. The van der Waals surface area contributed by atoms with Crippen molar-refractivity contribution in [3.05, 3.63) is 0 Å². The molecule has 0 radical (unpaired) electrons. The number of hydrogen-bond donors (Lipinski definition) is 1. The second kappa shape index (κ2) is 21.0. The van der Waals surface area contributed by atoms with E-state index in [1.165, 1.54) is 109 Å². The highest BCUT2D eigenvalue weighted by Crippen LogP contribution is 2.14. The monoisotopic (exact) mass is 342 g/mol. The maximum Gasteiger partial charge on any atom is 0.154 e. The molecule has 1 atom stereocenters. The molecule has 1 N–H and O–H groups in total. The Hall–Kier alpha value is -0.0800. The molecular weight excluding hydrogens is 296 g/mol. The number of ether oxygens (including phenoxy) is 1. The SMILES string of the molecule is CCCCCCCCCCCCCCCCCCCCC(O)OC. The van der Waals surface area contributed by atoms with E-state index in [-0.39, 0.29) is 0 Å². The smallest absolute Gasteiger partial charge is 0.154 e. The Kier molecular flexibility index (Phi) is 20.9. The zero-order valence-corrected chi connectivity index (χ0v) is 16.9. The van der Waals surface area contributed by atoms with Gasteiger partial charge in [-0.15, -0.1) is 0 Å². The largest absolute Gasteiger partial charge is 0.368 e. The van der Waals surface area contributed by atoms with Gasteiger partial charge in [-0.25, -0.2) is 0 Å². The van der Waals surface area contributed by atoms with Crippen LogP contribution in [0.5, 0.6) is 0 Å². The van der Waals surface area contributed by atoms with Gasteiger partial charge in [0.15, 0.2) is 6.29 Å². The number of aliphatic hydroxyl groups excluding tert-OH is 1. The Morgan fingerprint density at radius 2 is 0.833 bits per heavy atom. The number of rotatable bonds is 20. The number of aliphatic hydroxyl groups is 1. The zero-order valence-electron chi connectivity index (χ0n) is 16.9. The Bertz CT molecular complexity index is 218. The lowest BCUT2D eigenvalue weighted by molar-refractivity contribution is -0.0793. The van der Waals surface area contributed by atoms with Crippen molar-refractivity contribution < 1.29 is 9.84 Å². The van der Waals surface area contributed by atoms with Crippen molar-refractivity contribution in [3.8, 4) is 0 Å². The van der Waals surface area contributed by atoms with Crippen LogP contribution in [-0.4, -0.2) is 18.5 Å². The van der Waals surface area contributed by atoms with E-state index in [2.05, 4.69) is 6.92 Å². The molecule has 0 rings (SSSR count). The first-order valence-corrected chi connectivity index (χ1v) is 11.0. The van der Waals surface area contributed by atoms with Crippen molar-refractivity contribution in [1.29, 1.82) is 0 Å². The van der Waals surface area contributed by atoms with E-state index < -0.39 is 6.29 Å². The lowest BCUT2D eigenvalue weighted by Gasteiger charge is -2.07. The summed E-state index contributed by atoms with van der Waals surface area (Å²) in [4.78, 5) is 0. The lowest BCUT2D eigenvalue weighted by Crippen LogP contribution is -2.07. The number of hydrogen-bond acceptors (Lipinski definition) is 2. The van der Waals surface area contributed by atoms with Gasteiger partial charge in [0.25, 0.3) is 0 Å². The standard InChI is InChI=1S/C22H46O2/c1-3-4-5-6-7-8-9-10-11-12-13-14-15-16-17-18-19-20-21-22(23)24-2/h22-23H,3-21H2,1-2H3. The predicted octanol–water partition coefficient (Wildman–Crippen LogP) is 7.38. The molecular formula is C22H46O2. The van der Waals surface area contributed by atoms with Crippen LogP contribution in [-0.2, 0) is 4.74 Å². The summed E-state index contributed by atoms with van der Waals surface area (Å²) in [6.45, 7) is 2.29. The molecule has 0 saturated heterocycles. The first-order chi connectivity index (χ1) is 11.8. The van der Waals surface area contributed by atoms with E-state index >= 15 is 0 Å². The predicted molar refractivity (Wildman–Crippen MR) is 106 cm³/mol. The number of methoxy groups -OCH3 is 1. The average Bonchev–Trinajstić information content (AvgIpc) is 2.60. The van der Waals surface area contributed by atoms with Gasteiger partial charge >= 0.3 is 0 Å². The van der Waals surface area contributed by atoms with Crippen LogP contribution >= 0.6 is 0 Å². The fourth-order valence-electron chi connectivity index (χ4n) is 3.34. The lowest BCUT2D eigenvalue weighted by atomic mass is 10.0. The molecule has 1 unspecified atom stereocenters. The molecule has 24 heavy (non-hydrogen) atoms. The third kappa shape index (κ3) is 20.0. The van der Waals surface area contributed by atoms with Gasteiger partial charge in [-0.3, -0.25) is 0 Å². The number of unbranched alkanes of at least 4 members (excludes halogenated alkanes) is 17. The van der Waals surface area contributed by atoms with Crippen LogP contribution in [0.25, 0.3) is 0 Å². The van der Waals surface area contributed by atoms with E-state index in [9.17, 15) is 5.11 Å². The van der Waals surface area contributed by atoms with Crippen LogP contribution in [0.1, 0.15) is 129 Å². The van der Waals surface area contributed by atoms with E-state index in [4.69, 9.17) is 4.74 Å². The zero-order chi connectivity index (χ0) is 17.7. The third-order valence-corrected chi connectivity index (χ3v) is 5.08. The molecule has 0 heterocycles. The van der Waals surface area contributed by atoms with Crippen molar-refractivity contribution in [2.45, 2.75) is 135 Å². The van der Waals surface area contributed by atoms with Crippen LogP contribution in [0.4, 0.5) is 0 Å². The summed E-state index contributed by atoms with van der Waals surface area (Å²) in [6, 6.07) is 0. The first kappa shape index (κ1) is 23.9.